The average Bonchev–Trinajstić information content (AvgIpc) is 2.39. The summed E-state index contributed by atoms with van der Waals surface area (Å²) in [6.45, 7) is 2.83. The fourth-order valence-corrected chi connectivity index (χ4v) is 2.24. The minimum atomic E-state index is 0.360. The number of Topliss-reactive ketones (excluding diaryl/α,β-unsaturated/α-hetero) is 1. The standard InChI is InChI=1S/C13H15NO3/c15-11-3-5-14(6-4-11)10-1-2-12-13(9-10)17-8-7-16-12/h1-2,9H,3-8H2. The molecule has 0 saturated carbocycles. The van der Waals surface area contributed by atoms with Crippen LogP contribution < -0.4 is 14.4 Å². The van der Waals surface area contributed by atoms with E-state index in [-0.39, 0.29) is 0 Å². The van der Waals surface area contributed by atoms with Crippen LogP contribution in [0, 0.1) is 0 Å². The summed E-state index contributed by atoms with van der Waals surface area (Å²) in [6.07, 6.45) is 1.29. The molecular weight excluding hydrogens is 218 g/mol. The lowest BCUT2D eigenvalue weighted by Gasteiger charge is -2.29. The number of hydrogen-bond acceptors (Lipinski definition) is 4. The third kappa shape index (κ3) is 2.07. The van der Waals surface area contributed by atoms with E-state index in [4.69, 9.17) is 9.47 Å². The van der Waals surface area contributed by atoms with Crippen LogP contribution in [0.2, 0.25) is 0 Å². The van der Waals surface area contributed by atoms with Crippen molar-refractivity contribution in [3.8, 4) is 11.5 Å². The molecule has 1 aromatic carbocycles. The van der Waals surface area contributed by atoms with Gasteiger partial charge in [-0.3, -0.25) is 4.79 Å². The van der Waals surface area contributed by atoms with Gasteiger partial charge in [0.15, 0.2) is 11.5 Å². The van der Waals surface area contributed by atoms with Gasteiger partial charge in [-0.05, 0) is 12.1 Å². The molecule has 0 amide bonds. The Hall–Kier alpha value is -1.71. The highest BCUT2D eigenvalue weighted by Gasteiger charge is 2.19. The highest BCUT2D eigenvalue weighted by Crippen LogP contribution is 2.34. The maximum absolute atomic E-state index is 11.2. The largest absolute Gasteiger partial charge is 0.486 e. The number of carbonyl (C=O) groups excluding carboxylic acids is 1. The van der Waals surface area contributed by atoms with Crippen molar-refractivity contribution < 1.29 is 14.3 Å². The van der Waals surface area contributed by atoms with Crippen LogP contribution in [0.15, 0.2) is 18.2 Å². The van der Waals surface area contributed by atoms with Gasteiger partial charge in [-0.25, -0.2) is 0 Å². The van der Waals surface area contributed by atoms with Crippen LogP contribution >= 0.6 is 0 Å². The average molecular weight is 233 g/mol. The molecular formula is C13H15NO3. The molecule has 1 saturated heterocycles. The van der Waals surface area contributed by atoms with Crippen LogP contribution in [0.1, 0.15) is 12.8 Å². The molecule has 0 unspecified atom stereocenters. The third-order valence-electron chi connectivity index (χ3n) is 3.21. The molecule has 0 aliphatic carbocycles. The zero-order chi connectivity index (χ0) is 11.7. The normalized spacial score (nSPS) is 19.3. The van der Waals surface area contributed by atoms with Gasteiger partial charge < -0.3 is 14.4 Å². The maximum Gasteiger partial charge on any atom is 0.163 e. The first-order valence-electron chi connectivity index (χ1n) is 5.99. The monoisotopic (exact) mass is 233 g/mol. The Morgan fingerprint density at radius 1 is 1.00 bits per heavy atom. The van der Waals surface area contributed by atoms with Gasteiger partial charge in [-0.15, -0.1) is 0 Å². The van der Waals surface area contributed by atoms with Gasteiger partial charge in [-0.1, -0.05) is 0 Å². The zero-order valence-corrected chi connectivity index (χ0v) is 9.65. The number of ether oxygens (including phenoxy) is 2. The summed E-state index contributed by atoms with van der Waals surface area (Å²) in [5.41, 5.74) is 1.11. The molecule has 4 heteroatoms. The summed E-state index contributed by atoms with van der Waals surface area (Å²) >= 11 is 0. The van der Waals surface area contributed by atoms with Crippen molar-refractivity contribution in [1.82, 2.24) is 0 Å². The first-order chi connectivity index (χ1) is 8.33. The molecule has 0 aromatic heterocycles. The lowest BCUT2D eigenvalue weighted by atomic mass is 10.1. The Balaban J connectivity index is 1.81. The quantitative estimate of drug-likeness (QED) is 0.739. The predicted octanol–water partition coefficient (Wildman–Crippen LogP) is 1.63. The van der Waals surface area contributed by atoms with E-state index in [1.807, 2.05) is 18.2 Å². The molecule has 4 nitrogen and oxygen atoms in total. The minimum Gasteiger partial charge on any atom is -0.486 e. The van der Waals surface area contributed by atoms with Crippen LogP contribution in [0.5, 0.6) is 11.5 Å². The third-order valence-corrected chi connectivity index (χ3v) is 3.21. The number of anilines is 1. The van der Waals surface area contributed by atoms with E-state index < -0.39 is 0 Å². The topological polar surface area (TPSA) is 38.8 Å². The van der Waals surface area contributed by atoms with Crippen molar-refractivity contribution in [2.45, 2.75) is 12.8 Å². The Bertz CT molecular complexity index is 434. The molecule has 2 heterocycles. The number of rotatable bonds is 1. The second-order valence-corrected chi connectivity index (χ2v) is 4.35. The van der Waals surface area contributed by atoms with Gasteiger partial charge in [0.2, 0.25) is 0 Å². The van der Waals surface area contributed by atoms with Gasteiger partial charge in [0.05, 0.1) is 0 Å². The Morgan fingerprint density at radius 2 is 1.71 bits per heavy atom. The van der Waals surface area contributed by atoms with E-state index in [0.29, 0.717) is 31.8 Å². The molecule has 0 bridgehead atoms. The number of carbonyl (C=O) groups is 1. The molecule has 17 heavy (non-hydrogen) atoms. The fourth-order valence-electron chi connectivity index (χ4n) is 2.24. The summed E-state index contributed by atoms with van der Waals surface area (Å²) in [5, 5.41) is 0. The predicted molar refractivity (Wildman–Crippen MR) is 63.9 cm³/mol. The van der Waals surface area contributed by atoms with E-state index in [9.17, 15) is 4.79 Å². The van der Waals surface area contributed by atoms with Crippen molar-refractivity contribution >= 4 is 11.5 Å². The van der Waals surface area contributed by atoms with Crippen molar-refractivity contribution in [2.75, 3.05) is 31.2 Å². The maximum atomic E-state index is 11.2. The van der Waals surface area contributed by atoms with Gasteiger partial charge >= 0.3 is 0 Å². The van der Waals surface area contributed by atoms with Crippen LogP contribution in [0.3, 0.4) is 0 Å². The van der Waals surface area contributed by atoms with Crippen molar-refractivity contribution in [2.24, 2.45) is 0 Å². The molecule has 1 aromatic rings. The van der Waals surface area contributed by atoms with Crippen molar-refractivity contribution in [3.63, 3.8) is 0 Å². The van der Waals surface area contributed by atoms with E-state index in [1.54, 1.807) is 0 Å². The van der Waals surface area contributed by atoms with Gasteiger partial charge in [-0.2, -0.15) is 0 Å². The SMILES string of the molecule is O=C1CCN(c2ccc3c(c2)OCCO3)CC1. The second-order valence-electron chi connectivity index (χ2n) is 4.35. The highest BCUT2D eigenvalue weighted by atomic mass is 16.6. The zero-order valence-electron chi connectivity index (χ0n) is 9.65. The summed E-state index contributed by atoms with van der Waals surface area (Å²) < 4.78 is 11.0. The Kier molecular flexibility index (Phi) is 2.63. The number of piperidine rings is 1. The second kappa shape index (κ2) is 4.28. The summed E-state index contributed by atoms with van der Waals surface area (Å²) in [6, 6.07) is 5.98. The number of nitrogens with zero attached hydrogens (tertiary/aromatic N) is 1. The summed E-state index contributed by atoms with van der Waals surface area (Å²) in [5.74, 6) is 1.98. The molecule has 0 spiro atoms. The van der Waals surface area contributed by atoms with E-state index in [0.717, 1.165) is 30.3 Å². The van der Waals surface area contributed by atoms with Gasteiger partial charge in [0, 0.05) is 37.7 Å². The first-order valence-corrected chi connectivity index (χ1v) is 5.99. The van der Waals surface area contributed by atoms with Crippen molar-refractivity contribution in [3.05, 3.63) is 18.2 Å². The lowest BCUT2D eigenvalue weighted by molar-refractivity contribution is -0.119. The minimum absolute atomic E-state index is 0.360. The molecule has 90 valence electrons. The number of fused-ring (bicyclic) bond motifs is 1. The van der Waals surface area contributed by atoms with Crippen LogP contribution in [-0.4, -0.2) is 32.1 Å². The molecule has 1 fully saturated rings. The van der Waals surface area contributed by atoms with E-state index in [2.05, 4.69) is 4.90 Å². The molecule has 3 rings (SSSR count). The van der Waals surface area contributed by atoms with Gasteiger partial charge in [0.1, 0.15) is 19.0 Å². The van der Waals surface area contributed by atoms with Crippen LogP contribution in [0.25, 0.3) is 0 Å². The van der Waals surface area contributed by atoms with E-state index >= 15 is 0 Å². The smallest absolute Gasteiger partial charge is 0.163 e. The number of ketones is 1. The molecule has 0 radical (unpaired) electrons. The van der Waals surface area contributed by atoms with Crippen molar-refractivity contribution in [1.29, 1.82) is 0 Å². The summed E-state index contributed by atoms with van der Waals surface area (Å²) in [7, 11) is 0. The molecule has 0 N–H and O–H groups in total. The summed E-state index contributed by atoms with van der Waals surface area (Å²) in [4.78, 5) is 13.4. The first kappa shape index (κ1) is 10.4. The molecule has 2 aliphatic heterocycles. The molecule has 0 atom stereocenters. The Morgan fingerprint density at radius 3 is 2.47 bits per heavy atom. The number of hydrogen-bond donors (Lipinski definition) is 0. The lowest BCUT2D eigenvalue weighted by Crippen LogP contribution is -2.33. The number of benzene rings is 1. The van der Waals surface area contributed by atoms with Crippen LogP contribution in [-0.2, 0) is 4.79 Å². The van der Waals surface area contributed by atoms with Crippen LogP contribution in [0.4, 0.5) is 5.69 Å². The van der Waals surface area contributed by atoms with Gasteiger partial charge in [0.25, 0.3) is 0 Å². The molecule has 2 aliphatic rings. The fraction of sp³-hybridized carbons (Fsp3) is 0.462. The van der Waals surface area contributed by atoms with E-state index in [1.165, 1.54) is 0 Å². The Labute approximate surface area is 100 Å². The highest BCUT2D eigenvalue weighted by molar-refractivity contribution is 5.81.